The molecule has 0 aliphatic rings. The summed E-state index contributed by atoms with van der Waals surface area (Å²) in [6.45, 7) is 0.182. The highest BCUT2D eigenvalue weighted by atomic mass is 16.5. The summed E-state index contributed by atoms with van der Waals surface area (Å²) in [5, 5.41) is 10.8. The van der Waals surface area contributed by atoms with Crippen LogP contribution in [0.15, 0.2) is 52.9 Å². The monoisotopic (exact) mass is 367 g/mol. The van der Waals surface area contributed by atoms with Crippen molar-refractivity contribution in [3.63, 3.8) is 0 Å². The van der Waals surface area contributed by atoms with E-state index >= 15 is 0 Å². The summed E-state index contributed by atoms with van der Waals surface area (Å²) >= 11 is 0. The third kappa shape index (κ3) is 4.84. The highest BCUT2D eigenvalue weighted by molar-refractivity contribution is 5.76. The Morgan fingerprint density at radius 1 is 1.07 bits per heavy atom. The molecule has 2 aromatic carbocycles. The normalized spacial score (nSPS) is 10.4. The van der Waals surface area contributed by atoms with Crippen LogP contribution in [0.1, 0.15) is 17.9 Å². The number of aromatic nitrogens is 2. The van der Waals surface area contributed by atoms with Gasteiger partial charge in [0.15, 0.2) is 0 Å². The zero-order chi connectivity index (χ0) is 19.1. The van der Waals surface area contributed by atoms with E-state index in [1.54, 1.807) is 14.2 Å². The molecule has 1 N–H and O–H groups in total. The average molecular weight is 367 g/mol. The Bertz CT molecular complexity index is 908. The molecule has 1 aromatic heterocycles. The Hall–Kier alpha value is -3.35. The van der Waals surface area contributed by atoms with Crippen LogP contribution in [0.25, 0.3) is 11.5 Å². The standard InChI is InChI=1S/C20H21N3O4/c1-25-16-8-5-7-15(12-16)20-23-22-19(27-20)13-21-18(24)11-10-14-6-3-4-9-17(14)26-2/h3-9,12H,10-11,13H2,1-2H3,(H,21,24). The molecule has 0 atom stereocenters. The first kappa shape index (κ1) is 18.4. The first-order valence-corrected chi connectivity index (χ1v) is 8.55. The number of aryl methyl sites for hydroxylation is 1. The van der Waals surface area contributed by atoms with Crippen LogP contribution >= 0.6 is 0 Å². The molecule has 3 aromatic rings. The summed E-state index contributed by atoms with van der Waals surface area (Å²) in [4.78, 5) is 12.1. The number of ether oxygens (including phenoxy) is 2. The van der Waals surface area contributed by atoms with Crippen LogP contribution in [0.5, 0.6) is 11.5 Å². The number of hydrogen-bond donors (Lipinski definition) is 1. The van der Waals surface area contributed by atoms with Crippen molar-refractivity contribution in [2.75, 3.05) is 14.2 Å². The molecule has 0 fully saturated rings. The number of rotatable bonds is 8. The first-order valence-electron chi connectivity index (χ1n) is 8.55. The minimum atomic E-state index is -0.0953. The van der Waals surface area contributed by atoms with Crippen LogP contribution in [0.3, 0.4) is 0 Å². The predicted octanol–water partition coefficient (Wildman–Crippen LogP) is 3.00. The lowest BCUT2D eigenvalue weighted by molar-refractivity contribution is -0.121. The van der Waals surface area contributed by atoms with E-state index in [9.17, 15) is 4.79 Å². The predicted molar refractivity (Wildman–Crippen MR) is 99.4 cm³/mol. The molecule has 140 valence electrons. The quantitative estimate of drug-likeness (QED) is 0.659. The van der Waals surface area contributed by atoms with E-state index in [2.05, 4.69) is 15.5 Å². The molecular formula is C20H21N3O4. The maximum atomic E-state index is 12.1. The number of carbonyl (C=O) groups excluding carboxylic acids is 1. The Balaban J connectivity index is 1.53. The molecule has 0 saturated heterocycles. The molecule has 0 saturated carbocycles. The van der Waals surface area contributed by atoms with Crippen molar-refractivity contribution >= 4 is 5.91 Å². The Morgan fingerprint density at radius 3 is 2.74 bits per heavy atom. The summed E-state index contributed by atoms with van der Waals surface area (Å²) in [6, 6.07) is 15.0. The molecule has 0 spiro atoms. The van der Waals surface area contributed by atoms with Gasteiger partial charge in [-0.3, -0.25) is 4.79 Å². The van der Waals surface area contributed by atoms with Crippen LogP contribution < -0.4 is 14.8 Å². The van der Waals surface area contributed by atoms with Crippen molar-refractivity contribution in [2.45, 2.75) is 19.4 Å². The van der Waals surface area contributed by atoms with E-state index in [-0.39, 0.29) is 12.5 Å². The zero-order valence-corrected chi connectivity index (χ0v) is 15.3. The zero-order valence-electron chi connectivity index (χ0n) is 15.3. The number of amides is 1. The van der Waals surface area contributed by atoms with Crippen LogP contribution in [0, 0.1) is 0 Å². The third-order valence-electron chi connectivity index (χ3n) is 4.03. The molecule has 0 aliphatic carbocycles. The molecular weight excluding hydrogens is 346 g/mol. The molecule has 0 radical (unpaired) electrons. The number of hydrogen-bond acceptors (Lipinski definition) is 6. The summed E-state index contributed by atoms with van der Waals surface area (Å²) < 4.78 is 16.1. The summed E-state index contributed by atoms with van der Waals surface area (Å²) in [7, 11) is 3.22. The number of carbonyl (C=O) groups is 1. The Morgan fingerprint density at radius 2 is 1.93 bits per heavy atom. The van der Waals surface area contributed by atoms with Gasteiger partial charge in [0.25, 0.3) is 0 Å². The second-order valence-electron chi connectivity index (χ2n) is 5.82. The van der Waals surface area contributed by atoms with Crippen LogP contribution in [0.4, 0.5) is 0 Å². The summed E-state index contributed by atoms with van der Waals surface area (Å²) in [6.07, 6.45) is 0.936. The maximum Gasteiger partial charge on any atom is 0.247 e. The lowest BCUT2D eigenvalue weighted by Gasteiger charge is -2.07. The fourth-order valence-corrected chi connectivity index (χ4v) is 2.62. The van der Waals surface area contributed by atoms with Crippen molar-refractivity contribution < 1.29 is 18.7 Å². The maximum absolute atomic E-state index is 12.1. The van der Waals surface area contributed by atoms with Crippen molar-refractivity contribution in [1.29, 1.82) is 0 Å². The number of nitrogens with one attached hydrogen (secondary N) is 1. The van der Waals surface area contributed by atoms with Crippen LogP contribution in [-0.4, -0.2) is 30.3 Å². The number of benzene rings is 2. The van der Waals surface area contributed by atoms with Gasteiger partial charge in [0.2, 0.25) is 17.7 Å². The van der Waals surface area contributed by atoms with E-state index < -0.39 is 0 Å². The molecule has 7 nitrogen and oxygen atoms in total. The van der Waals surface area contributed by atoms with Gasteiger partial charge in [-0.1, -0.05) is 24.3 Å². The van der Waals surface area contributed by atoms with E-state index in [0.717, 1.165) is 16.9 Å². The van der Waals surface area contributed by atoms with E-state index in [1.165, 1.54) is 0 Å². The highest BCUT2D eigenvalue weighted by Crippen LogP contribution is 2.22. The van der Waals surface area contributed by atoms with Crippen LogP contribution in [0.2, 0.25) is 0 Å². The number of methoxy groups -OCH3 is 2. The lowest BCUT2D eigenvalue weighted by atomic mass is 10.1. The Kier molecular flexibility index (Phi) is 6.04. The lowest BCUT2D eigenvalue weighted by Crippen LogP contribution is -2.23. The van der Waals surface area contributed by atoms with Gasteiger partial charge in [-0.25, -0.2) is 0 Å². The van der Waals surface area contributed by atoms with Crippen molar-refractivity contribution in [3.8, 4) is 23.0 Å². The molecule has 3 rings (SSSR count). The molecule has 0 unspecified atom stereocenters. The summed E-state index contributed by atoms with van der Waals surface area (Å²) in [5.74, 6) is 2.12. The third-order valence-corrected chi connectivity index (χ3v) is 4.03. The van der Waals surface area contributed by atoms with E-state index in [1.807, 2.05) is 48.5 Å². The van der Waals surface area contributed by atoms with Crippen LogP contribution in [-0.2, 0) is 17.8 Å². The smallest absolute Gasteiger partial charge is 0.247 e. The second-order valence-corrected chi connectivity index (χ2v) is 5.82. The van der Waals surface area contributed by atoms with Crippen molar-refractivity contribution in [1.82, 2.24) is 15.5 Å². The molecule has 0 aliphatic heterocycles. The first-order chi connectivity index (χ1) is 13.2. The topological polar surface area (TPSA) is 86.5 Å². The SMILES string of the molecule is COc1cccc(-c2nnc(CNC(=O)CCc3ccccc3OC)o2)c1. The second kappa shape index (κ2) is 8.84. The van der Waals surface area contributed by atoms with Gasteiger partial charge >= 0.3 is 0 Å². The van der Waals surface area contributed by atoms with Gasteiger partial charge in [0.1, 0.15) is 11.5 Å². The Labute approximate surface area is 157 Å². The molecule has 7 heteroatoms. The minimum absolute atomic E-state index is 0.0953. The van der Waals surface area contributed by atoms with Gasteiger partial charge < -0.3 is 19.2 Å². The highest BCUT2D eigenvalue weighted by Gasteiger charge is 2.11. The summed E-state index contributed by atoms with van der Waals surface area (Å²) in [5.41, 5.74) is 1.75. The fraction of sp³-hybridized carbons (Fsp3) is 0.250. The van der Waals surface area contributed by atoms with Crippen molar-refractivity contribution in [2.24, 2.45) is 0 Å². The molecule has 27 heavy (non-hydrogen) atoms. The fourth-order valence-electron chi connectivity index (χ4n) is 2.62. The average Bonchev–Trinajstić information content (AvgIpc) is 3.20. The number of para-hydroxylation sites is 1. The van der Waals surface area contributed by atoms with Crippen molar-refractivity contribution in [3.05, 3.63) is 60.0 Å². The van der Waals surface area contributed by atoms with Gasteiger partial charge in [0.05, 0.1) is 20.8 Å². The molecule has 1 heterocycles. The number of nitrogens with zero attached hydrogens (tertiary/aromatic N) is 2. The van der Waals surface area contributed by atoms with Gasteiger partial charge in [0, 0.05) is 12.0 Å². The van der Waals surface area contributed by atoms with E-state index in [0.29, 0.717) is 30.4 Å². The molecule has 1 amide bonds. The molecule has 0 bridgehead atoms. The largest absolute Gasteiger partial charge is 0.497 e. The van der Waals surface area contributed by atoms with Gasteiger partial charge in [-0.05, 0) is 36.2 Å². The van der Waals surface area contributed by atoms with Gasteiger partial charge in [-0.15, -0.1) is 10.2 Å². The van der Waals surface area contributed by atoms with E-state index in [4.69, 9.17) is 13.9 Å². The van der Waals surface area contributed by atoms with Gasteiger partial charge in [-0.2, -0.15) is 0 Å². The minimum Gasteiger partial charge on any atom is -0.497 e.